The van der Waals surface area contributed by atoms with Gasteiger partial charge in [0.2, 0.25) is 5.95 Å². The number of amides is 1. The molecular weight excluding hydrogens is 436 g/mol. The molecule has 0 aliphatic carbocycles. The minimum Gasteiger partial charge on any atom is -0.481 e. The van der Waals surface area contributed by atoms with Crippen LogP contribution in [0.3, 0.4) is 0 Å². The van der Waals surface area contributed by atoms with Crippen molar-refractivity contribution in [3.63, 3.8) is 0 Å². The molecule has 0 spiro atoms. The molecule has 1 amide bonds. The second-order valence-corrected chi connectivity index (χ2v) is 8.51. The number of carboxylic acids is 1. The molecule has 1 atom stereocenters. The summed E-state index contributed by atoms with van der Waals surface area (Å²) >= 11 is 1.46. The molecule has 33 heavy (non-hydrogen) atoms. The number of carbonyl (C=O) groups excluding carboxylic acids is 1. The Labute approximate surface area is 195 Å². The van der Waals surface area contributed by atoms with Crippen molar-refractivity contribution in [2.45, 2.75) is 16.6 Å². The summed E-state index contributed by atoms with van der Waals surface area (Å²) in [6.45, 7) is 0. The van der Waals surface area contributed by atoms with Crippen molar-refractivity contribution in [2.24, 2.45) is 0 Å². The van der Waals surface area contributed by atoms with Gasteiger partial charge in [-0.05, 0) is 48.0 Å². The van der Waals surface area contributed by atoms with E-state index in [0.29, 0.717) is 17.2 Å². The van der Waals surface area contributed by atoms with Gasteiger partial charge in [0.05, 0.1) is 6.42 Å². The van der Waals surface area contributed by atoms with Gasteiger partial charge in [0, 0.05) is 39.5 Å². The zero-order valence-corrected chi connectivity index (χ0v) is 18.4. The molecule has 0 fully saturated rings. The van der Waals surface area contributed by atoms with Crippen LogP contribution in [0.4, 0.5) is 17.3 Å². The first-order valence-corrected chi connectivity index (χ1v) is 11.2. The summed E-state index contributed by atoms with van der Waals surface area (Å²) in [6.07, 6.45) is 3.38. The highest BCUT2D eigenvalue weighted by atomic mass is 32.2. The minimum atomic E-state index is -0.856. The highest BCUT2D eigenvalue weighted by Gasteiger charge is 2.17. The Hall–Kier alpha value is -4.04. The summed E-state index contributed by atoms with van der Waals surface area (Å²) in [7, 11) is 0. The lowest BCUT2D eigenvalue weighted by Gasteiger charge is -2.16. The number of H-pyrrole nitrogens is 1. The number of hydrogen-bond acceptors (Lipinski definition) is 5. The molecule has 0 saturated carbocycles. The summed E-state index contributed by atoms with van der Waals surface area (Å²) in [5, 5.41) is 15.1. The topological polar surface area (TPSA) is 107 Å². The number of rotatable bonds is 9. The molecule has 1 unspecified atom stereocenters. The molecule has 4 aromatic rings. The Morgan fingerprint density at radius 3 is 2.45 bits per heavy atom. The molecule has 3 aromatic carbocycles. The molecule has 0 saturated heterocycles. The molecule has 8 heteroatoms. The Bertz CT molecular complexity index is 1210. The number of benzene rings is 3. The van der Waals surface area contributed by atoms with E-state index in [1.807, 2.05) is 54.6 Å². The van der Waals surface area contributed by atoms with Gasteiger partial charge in [-0.2, -0.15) is 0 Å². The molecule has 4 N–H and O–H groups in total. The van der Waals surface area contributed by atoms with Gasteiger partial charge in [-0.1, -0.05) is 36.4 Å². The van der Waals surface area contributed by atoms with E-state index in [-0.39, 0.29) is 17.6 Å². The van der Waals surface area contributed by atoms with Gasteiger partial charge < -0.3 is 20.7 Å². The minimum absolute atomic E-state index is 0.00363. The van der Waals surface area contributed by atoms with E-state index in [9.17, 15) is 14.7 Å². The zero-order chi connectivity index (χ0) is 23.0. The fraction of sp³-hybridized carbons (Fsp3) is 0.0800. The lowest BCUT2D eigenvalue weighted by molar-refractivity contribution is -0.137. The van der Waals surface area contributed by atoms with Gasteiger partial charge in [-0.3, -0.25) is 9.59 Å². The maximum absolute atomic E-state index is 12.7. The number of hydrogen-bond donors (Lipinski definition) is 4. The molecule has 0 radical (unpaired) electrons. The van der Waals surface area contributed by atoms with Crippen molar-refractivity contribution < 1.29 is 14.7 Å². The molecule has 1 aromatic heterocycles. The molecule has 1 heterocycles. The van der Waals surface area contributed by atoms with Crippen molar-refractivity contribution in [1.82, 2.24) is 9.97 Å². The van der Waals surface area contributed by atoms with Crippen LogP contribution in [0.5, 0.6) is 0 Å². The quantitative estimate of drug-likeness (QED) is 0.239. The number of anilines is 3. The number of carbonyl (C=O) groups is 2. The summed E-state index contributed by atoms with van der Waals surface area (Å²) in [5.74, 6) is -0.462. The van der Waals surface area contributed by atoms with Crippen LogP contribution in [0, 0.1) is 0 Å². The summed E-state index contributed by atoms with van der Waals surface area (Å²) in [6, 6.07) is 24.1. The molecular formula is C25H22N4O3S. The number of aromatic nitrogens is 2. The van der Waals surface area contributed by atoms with Crippen LogP contribution in [-0.4, -0.2) is 27.0 Å². The third-order valence-corrected chi connectivity index (χ3v) is 6.06. The van der Waals surface area contributed by atoms with E-state index >= 15 is 0 Å². The Balaban J connectivity index is 1.42. The third-order valence-electron chi connectivity index (χ3n) is 4.81. The van der Waals surface area contributed by atoms with Gasteiger partial charge in [-0.25, -0.2) is 4.98 Å². The Kier molecular flexibility index (Phi) is 7.06. The maximum atomic E-state index is 12.7. The fourth-order valence-electron chi connectivity index (χ4n) is 3.24. The van der Waals surface area contributed by atoms with E-state index in [2.05, 4.69) is 20.6 Å². The van der Waals surface area contributed by atoms with Crippen LogP contribution < -0.4 is 10.6 Å². The van der Waals surface area contributed by atoms with Gasteiger partial charge in [0.15, 0.2) is 0 Å². The molecule has 0 aliphatic heterocycles. The normalized spacial score (nSPS) is 11.5. The standard InChI is InChI=1S/C25H22N4O3S/c30-23(31)16-22(17-5-2-1-3-6-17)33-21-8-4-7-20(15-21)28-24(32)18-9-11-19(12-10-18)29-25-26-13-14-27-25/h1-15,22H,16H2,(H,28,32)(H,30,31)(H2,26,27,29). The highest BCUT2D eigenvalue weighted by Crippen LogP contribution is 2.38. The lowest BCUT2D eigenvalue weighted by atomic mass is 10.1. The monoisotopic (exact) mass is 458 g/mol. The lowest BCUT2D eigenvalue weighted by Crippen LogP contribution is -2.11. The summed E-state index contributed by atoms with van der Waals surface area (Å²) < 4.78 is 0. The average molecular weight is 459 g/mol. The summed E-state index contributed by atoms with van der Waals surface area (Å²) in [4.78, 5) is 32.0. The fourth-order valence-corrected chi connectivity index (χ4v) is 4.44. The molecule has 4 rings (SSSR count). The third kappa shape index (κ3) is 6.24. The van der Waals surface area contributed by atoms with Crippen LogP contribution in [0.2, 0.25) is 0 Å². The predicted octanol–water partition coefficient (Wildman–Crippen LogP) is 5.71. The first-order chi connectivity index (χ1) is 16.1. The molecule has 0 bridgehead atoms. The number of thioether (sulfide) groups is 1. The van der Waals surface area contributed by atoms with E-state index < -0.39 is 5.97 Å². The van der Waals surface area contributed by atoms with Crippen LogP contribution in [0.25, 0.3) is 0 Å². The number of nitrogens with zero attached hydrogens (tertiary/aromatic N) is 1. The predicted molar refractivity (Wildman–Crippen MR) is 130 cm³/mol. The zero-order valence-electron chi connectivity index (χ0n) is 17.6. The van der Waals surface area contributed by atoms with Crippen molar-refractivity contribution in [3.8, 4) is 0 Å². The molecule has 7 nitrogen and oxygen atoms in total. The first kappa shape index (κ1) is 22.2. The van der Waals surface area contributed by atoms with Crippen molar-refractivity contribution in [3.05, 3.63) is 102 Å². The number of aromatic amines is 1. The van der Waals surface area contributed by atoms with Gasteiger partial charge in [-0.15, -0.1) is 11.8 Å². The smallest absolute Gasteiger partial charge is 0.304 e. The summed E-state index contributed by atoms with van der Waals surface area (Å²) in [5.41, 5.74) is 2.92. The largest absolute Gasteiger partial charge is 0.481 e. The van der Waals surface area contributed by atoms with Gasteiger partial charge in [0.25, 0.3) is 5.91 Å². The average Bonchev–Trinajstić information content (AvgIpc) is 3.33. The van der Waals surface area contributed by atoms with Crippen molar-refractivity contribution in [1.29, 1.82) is 0 Å². The highest BCUT2D eigenvalue weighted by molar-refractivity contribution is 7.99. The number of aliphatic carboxylic acids is 1. The maximum Gasteiger partial charge on any atom is 0.304 e. The Morgan fingerprint density at radius 1 is 0.970 bits per heavy atom. The Morgan fingerprint density at radius 2 is 1.76 bits per heavy atom. The molecule has 0 aliphatic rings. The van der Waals surface area contributed by atoms with E-state index in [0.717, 1.165) is 16.1 Å². The van der Waals surface area contributed by atoms with Gasteiger partial charge in [0.1, 0.15) is 0 Å². The van der Waals surface area contributed by atoms with Crippen LogP contribution in [0.1, 0.15) is 27.6 Å². The van der Waals surface area contributed by atoms with Crippen molar-refractivity contribution in [2.75, 3.05) is 10.6 Å². The number of carboxylic acid groups (broad SMARTS) is 1. The van der Waals surface area contributed by atoms with E-state index in [1.165, 1.54) is 11.8 Å². The number of nitrogens with one attached hydrogen (secondary N) is 3. The van der Waals surface area contributed by atoms with Crippen molar-refractivity contribution >= 4 is 41.0 Å². The van der Waals surface area contributed by atoms with E-state index in [4.69, 9.17) is 0 Å². The molecule has 166 valence electrons. The van der Waals surface area contributed by atoms with Crippen LogP contribution in [-0.2, 0) is 4.79 Å². The SMILES string of the molecule is O=C(O)CC(Sc1cccc(NC(=O)c2ccc(Nc3ncc[nH]3)cc2)c1)c1ccccc1. The second kappa shape index (κ2) is 10.5. The van der Waals surface area contributed by atoms with E-state index in [1.54, 1.807) is 36.7 Å². The van der Waals surface area contributed by atoms with Crippen LogP contribution in [0.15, 0.2) is 96.2 Å². The second-order valence-electron chi connectivity index (χ2n) is 7.24. The first-order valence-electron chi connectivity index (χ1n) is 10.3. The number of imidazole rings is 1. The van der Waals surface area contributed by atoms with Gasteiger partial charge >= 0.3 is 5.97 Å². The van der Waals surface area contributed by atoms with Crippen LogP contribution >= 0.6 is 11.8 Å².